The smallest absolute Gasteiger partial charge is 0.331 e. The molecule has 3 nitrogen and oxygen atoms in total. The lowest BCUT2D eigenvalue weighted by Gasteiger charge is -2.18. The topological polar surface area (TPSA) is 31.2 Å². The molecule has 0 saturated carbocycles. The zero-order chi connectivity index (χ0) is 17.9. The summed E-state index contributed by atoms with van der Waals surface area (Å²) in [7, 11) is 0. The Morgan fingerprint density at radius 2 is 1.72 bits per heavy atom. The van der Waals surface area contributed by atoms with Crippen molar-refractivity contribution in [1.82, 2.24) is 4.57 Å². The molecule has 3 rings (SSSR count). The van der Waals surface area contributed by atoms with E-state index in [0.29, 0.717) is 0 Å². The number of aromatic nitrogens is 1. The van der Waals surface area contributed by atoms with Gasteiger partial charge in [0.05, 0.1) is 0 Å². The fourth-order valence-corrected chi connectivity index (χ4v) is 2.80. The second-order valence-corrected chi connectivity index (χ2v) is 7.07. The van der Waals surface area contributed by atoms with E-state index in [0.717, 1.165) is 23.1 Å². The summed E-state index contributed by atoms with van der Waals surface area (Å²) in [5, 5.41) is 1.15. The highest BCUT2D eigenvalue weighted by molar-refractivity contribution is 5.89. The third-order valence-electron chi connectivity index (χ3n) is 3.82. The molecule has 0 unspecified atom stereocenters. The van der Waals surface area contributed by atoms with E-state index in [1.54, 1.807) is 0 Å². The van der Waals surface area contributed by atoms with Gasteiger partial charge < -0.3 is 9.30 Å². The number of carbonyl (C=O) groups excluding carboxylic acids is 1. The Balaban J connectivity index is 1.94. The molecule has 2 aromatic carbocycles. The van der Waals surface area contributed by atoms with Crippen LogP contribution in [-0.2, 0) is 16.1 Å². The van der Waals surface area contributed by atoms with Gasteiger partial charge in [-0.05, 0) is 44.5 Å². The fourth-order valence-electron chi connectivity index (χ4n) is 2.80. The summed E-state index contributed by atoms with van der Waals surface area (Å²) in [4.78, 5) is 12.0. The van der Waals surface area contributed by atoms with Crippen LogP contribution >= 0.6 is 0 Å². The van der Waals surface area contributed by atoms with Crippen LogP contribution in [0.25, 0.3) is 17.0 Å². The van der Waals surface area contributed by atoms with Gasteiger partial charge in [0.25, 0.3) is 0 Å². The van der Waals surface area contributed by atoms with E-state index in [4.69, 9.17) is 4.74 Å². The minimum atomic E-state index is -0.488. The molecule has 0 bridgehead atoms. The first-order valence-corrected chi connectivity index (χ1v) is 8.46. The highest BCUT2D eigenvalue weighted by Crippen LogP contribution is 2.22. The molecule has 0 aliphatic heterocycles. The van der Waals surface area contributed by atoms with Gasteiger partial charge in [-0.2, -0.15) is 0 Å². The van der Waals surface area contributed by atoms with Crippen LogP contribution in [0.4, 0.5) is 0 Å². The van der Waals surface area contributed by atoms with Crippen molar-refractivity contribution in [3.63, 3.8) is 0 Å². The van der Waals surface area contributed by atoms with Crippen molar-refractivity contribution < 1.29 is 9.53 Å². The van der Waals surface area contributed by atoms with Gasteiger partial charge in [-0.1, -0.05) is 48.5 Å². The van der Waals surface area contributed by atoms with E-state index >= 15 is 0 Å². The summed E-state index contributed by atoms with van der Waals surface area (Å²) in [5.74, 6) is -0.330. The molecule has 3 aromatic rings. The number of carbonyl (C=O) groups is 1. The predicted molar refractivity (Wildman–Crippen MR) is 102 cm³/mol. The number of rotatable bonds is 4. The molecule has 0 saturated heterocycles. The number of benzene rings is 2. The van der Waals surface area contributed by atoms with Gasteiger partial charge >= 0.3 is 5.97 Å². The van der Waals surface area contributed by atoms with Gasteiger partial charge in [0.2, 0.25) is 0 Å². The molecule has 128 valence electrons. The zero-order valence-electron chi connectivity index (χ0n) is 14.9. The van der Waals surface area contributed by atoms with Crippen molar-refractivity contribution in [2.45, 2.75) is 32.9 Å². The maximum Gasteiger partial charge on any atom is 0.331 e. The molecule has 0 atom stereocenters. The third kappa shape index (κ3) is 4.38. The lowest BCUT2D eigenvalue weighted by molar-refractivity contribution is -0.148. The Hall–Kier alpha value is -2.81. The SMILES string of the molecule is CC(C)(C)OC(=O)/C=C/c1cc2ccccc2n1Cc1ccccc1. The minimum absolute atomic E-state index is 0.330. The summed E-state index contributed by atoms with van der Waals surface area (Å²) >= 11 is 0. The molecule has 3 heteroatoms. The number of fused-ring (bicyclic) bond motifs is 1. The van der Waals surface area contributed by atoms with Crippen molar-refractivity contribution in [3.8, 4) is 0 Å². The largest absolute Gasteiger partial charge is 0.457 e. The summed E-state index contributed by atoms with van der Waals surface area (Å²) in [6, 6.07) is 20.6. The van der Waals surface area contributed by atoms with Crippen LogP contribution in [0, 0.1) is 0 Å². The zero-order valence-corrected chi connectivity index (χ0v) is 14.9. The minimum Gasteiger partial charge on any atom is -0.457 e. The number of ether oxygens (including phenoxy) is 1. The Morgan fingerprint density at radius 1 is 1.04 bits per heavy atom. The van der Waals surface area contributed by atoms with E-state index in [1.165, 1.54) is 11.6 Å². The second-order valence-electron chi connectivity index (χ2n) is 7.07. The molecular formula is C22H23NO2. The molecule has 1 aromatic heterocycles. The van der Waals surface area contributed by atoms with Crippen molar-refractivity contribution in [2.24, 2.45) is 0 Å². The number of hydrogen-bond donors (Lipinski definition) is 0. The lowest BCUT2D eigenvalue weighted by atomic mass is 10.2. The molecule has 0 aliphatic carbocycles. The van der Waals surface area contributed by atoms with Crippen molar-refractivity contribution in [1.29, 1.82) is 0 Å². The van der Waals surface area contributed by atoms with E-state index in [-0.39, 0.29) is 5.97 Å². The van der Waals surface area contributed by atoms with Crippen LogP contribution in [0.1, 0.15) is 32.0 Å². The average Bonchev–Trinajstić information content (AvgIpc) is 2.90. The number of esters is 1. The molecule has 0 radical (unpaired) electrons. The highest BCUT2D eigenvalue weighted by atomic mass is 16.6. The van der Waals surface area contributed by atoms with Crippen LogP contribution < -0.4 is 0 Å². The Bertz CT molecular complexity index is 899. The van der Waals surface area contributed by atoms with E-state index < -0.39 is 5.60 Å². The Labute approximate surface area is 148 Å². The van der Waals surface area contributed by atoms with Gasteiger partial charge in [0, 0.05) is 29.2 Å². The fraction of sp³-hybridized carbons (Fsp3) is 0.227. The maximum absolute atomic E-state index is 12.0. The first-order chi connectivity index (χ1) is 11.9. The molecule has 0 aliphatic rings. The van der Waals surface area contributed by atoms with E-state index in [9.17, 15) is 4.79 Å². The standard InChI is InChI=1S/C22H23NO2/c1-22(2,3)25-21(24)14-13-19-15-18-11-7-8-12-20(18)23(19)16-17-9-5-4-6-10-17/h4-15H,16H2,1-3H3/b14-13+. The molecule has 25 heavy (non-hydrogen) atoms. The first-order valence-electron chi connectivity index (χ1n) is 8.46. The summed E-state index contributed by atoms with van der Waals surface area (Å²) in [6.45, 7) is 6.35. The Kier molecular flexibility index (Phi) is 4.75. The summed E-state index contributed by atoms with van der Waals surface area (Å²) in [5.41, 5.74) is 2.86. The number of para-hydroxylation sites is 1. The average molecular weight is 333 g/mol. The second kappa shape index (κ2) is 6.98. The van der Waals surface area contributed by atoms with Gasteiger partial charge in [0.15, 0.2) is 0 Å². The van der Waals surface area contributed by atoms with Crippen LogP contribution in [-0.4, -0.2) is 16.1 Å². The molecule has 0 amide bonds. The molecule has 0 N–H and O–H groups in total. The van der Waals surface area contributed by atoms with Crippen molar-refractivity contribution in [3.05, 3.63) is 78.0 Å². The van der Waals surface area contributed by atoms with Crippen LogP contribution in [0.5, 0.6) is 0 Å². The van der Waals surface area contributed by atoms with Crippen LogP contribution in [0.15, 0.2) is 66.7 Å². The quantitative estimate of drug-likeness (QED) is 0.494. The highest BCUT2D eigenvalue weighted by Gasteiger charge is 2.14. The van der Waals surface area contributed by atoms with Crippen molar-refractivity contribution >= 4 is 22.9 Å². The maximum atomic E-state index is 12.0. The van der Waals surface area contributed by atoms with Crippen molar-refractivity contribution in [2.75, 3.05) is 0 Å². The molecule has 0 fully saturated rings. The van der Waals surface area contributed by atoms with Crippen LogP contribution in [0.2, 0.25) is 0 Å². The number of nitrogens with zero attached hydrogens (tertiary/aromatic N) is 1. The summed E-state index contributed by atoms with van der Waals surface area (Å²) in [6.07, 6.45) is 3.33. The normalized spacial score (nSPS) is 12.0. The van der Waals surface area contributed by atoms with Gasteiger partial charge in [-0.3, -0.25) is 0 Å². The Morgan fingerprint density at radius 3 is 2.44 bits per heavy atom. The lowest BCUT2D eigenvalue weighted by Crippen LogP contribution is -2.22. The first kappa shape index (κ1) is 17.0. The molecule has 0 spiro atoms. The van der Waals surface area contributed by atoms with Crippen LogP contribution in [0.3, 0.4) is 0 Å². The van der Waals surface area contributed by atoms with Gasteiger partial charge in [-0.15, -0.1) is 0 Å². The number of hydrogen-bond acceptors (Lipinski definition) is 2. The molecule has 1 heterocycles. The predicted octanol–water partition coefficient (Wildman–Crippen LogP) is 5.04. The monoisotopic (exact) mass is 333 g/mol. The van der Waals surface area contributed by atoms with E-state index in [1.807, 2.05) is 57.2 Å². The van der Waals surface area contributed by atoms with Gasteiger partial charge in [-0.25, -0.2) is 4.79 Å². The molecular weight excluding hydrogens is 310 g/mol. The van der Waals surface area contributed by atoms with E-state index in [2.05, 4.69) is 34.9 Å². The van der Waals surface area contributed by atoms with Gasteiger partial charge in [0.1, 0.15) is 5.60 Å². The summed E-state index contributed by atoms with van der Waals surface area (Å²) < 4.78 is 7.57. The third-order valence-corrected chi connectivity index (χ3v) is 3.82.